The maximum atomic E-state index is 14.6. The maximum absolute atomic E-state index is 14.6. The van der Waals surface area contributed by atoms with Crippen LogP contribution in [0.5, 0.6) is 0 Å². The third-order valence-electron chi connectivity index (χ3n) is 11.8. The van der Waals surface area contributed by atoms with Crippen molar-refractivity contribution >= 4 is 63.5 Å². The summed E-state index contributed by atoms with van der Waals surface area (Å²) in [6, 6.07) is 49.1. The van der Waals surface area contributed by atoms with Crippen LogP contribution in [0.2, 0.25) is 0 Å². The number of aromatic nitrogens is 1. The van der Waals surface area contributed by atoms with E-state index < -0.39 is 33.7 Å². The number of oxime groups is 1. The predicted molar refractivity (Wildman–Crippen MR) is 253 cm³/mol. The van der Waals surface area contributed by atoms with Crippen LogP contribution in [-0.2, 0) is 34.2 Å². The third kappa shape index (κ3) is 8.79. The first kappa shape index (κ1) is 43.3. The third-order valence-corrected chi connectivity index (χ3v) is 15.9. The Bertz CT molecular complexity index is 2430. The topological polar surface area (TPSA) is 131 Å². The van der Waals surface area contributed by atoms with Crippen LogP contribution in [0.1, 0.15) is 46.0 Å². The molecule has 3 fully saturated rings. The second-order valence-electron chi connectivity index (χ2n) is 15.9. The second kappa shape index (κ2) is 19.4. The van der Waals surface area contributed by atoms with Gasteiger partial charge in [0.05, 0.1) is 6.61 Å². The lowest BCUT2D eigenvalue weighted by Gasteiger charge is -2.54. The highest BCUT2D eigenvalue weighted by atomic mass is 32.2. The number of thiazole rings is 1. The second-order valence-corrected chi connectivity index (χ2v) is 19.3. The summed E-state index contributed by atoms with van der Waals surface area (Å²) in [6.45, 7) is 1.48. The summed E-state index contributed by atoms with van der Waals surface area (Å²) >= 11 is 4.35. The first-order valence-electron chi connectivity index (χ1n) is 21.2. The summed E-state index contributed by atoms with van der Waals surface area (Å²) < 4.78 is 11.1. The summed E-state index contributed by atoms with van der Waals surface area (Å²) in [5, 5.41) is 12.7. The van der Waals surface area contributed by atoms with E-state index in [0.29, 0.717) is 35.8 Å². The zero-order valence-electron chi connectivity index (χ0n) is 35.1. The molecule has 3 aliphatic rings. The smallest absolute Gasteiger partial charge is 0.325 e. The quantitative estimate of drug-likeness (QED) is 0.0323. The number of rotatable bonds is 16. The lowest BCUT2D eigenvalue weighted by molar-refractivity contribution is -0.155. The number of ether oxygens (including phenoxy) is 2. The molecule has 11 nitrogen and oxygen atoms in total. The van der Waals surface area contributed by atoms with Crippen LogP contribution in [0.25, 0.3) is 0 Å². The van der Waals surface area contributed by atoms with Gasteiger partial charge >= 0.3 is 5.97 Å². The molecule has 0 saturated carbocycles. The molecule has 0 bridgehead atoms. The average Bonchev–Trinajstić information content (AvgIpc) is 4.07. The van der Waals surface area contributed by atoms with Crippen molar-refractivity contribution in [3.8, 4) is 0 Å². The van der Waals surface area contributed by atoms with Gasteiger partial charge in [-0.3, -0.25) is 14.4 Å². The van der Waals surface area contributed by atoms with Gasteiger partial charge in [-0.25, -0.2) is 4.98 Å². The first-order chi connectivity index (χ1) is 31.4. The average molecular weight is 910 g/mol. The van der Waals surface area contributed by atoms with Gasteiger partial charge in [-0.15, -0.1) is 34.9 Å². The molecule has 326 valence electrons. The van der Waals surface area contributed by atoms with Crippen molar-refractivity contribution in [3.05, 3.63) is 191 Å². The molecule has 1 aromatic heterocycles. The number of fused-ring (bicyclic) bond motifs is 1. The van der Waals surface area contributed by atoms with Gasteiger partial charge in [-0.05, 0) is 45.9 Å². The molecule has 3 unspecified atom stereocenters. The molecule has 0 aliphatic carbocycles. The lowest BCUT2D eigenvalue weighted by Crippen LogP contribution is -2.75. The number of nitrogens with one attached hydrogen (secondary N) is 2. The fraction of sp³-hybridized carbons (Fsp3) is 0.260. The van der Waals surface area contributed by atoms with E-state index in [1.807, 2.05) is 115 Å². The number of benzene rings is 5. The minimum Gasteiger partial charge on any atom is -0.451 e. The van der Waals surface area contributed by atoms with E-state index in [4.69, 9.17) is 19.3 Å². The molecule has 5 aromatic carbocycles. The van der Waals surface area contributed by atoms with Crippen LogP contribution in [0.3, 0.4) is 0 Å². The number of β-lactam (4-membered cyclic amide) rings is 1. The van der Waals surface area contributed by atoms with Crippen molar-refractivity contribution in [1.82, 2.24) is 15.2 Å². The van der Waals surface area contributed by atoms with Crippen molar-refractivity contribution in [3.63, 3.8) is 0 Å². The summed E-state index contributed by atoms with van der Waals surface area (Å²) in [6.07, 6.45) is 0.285. The number of hydrogen-bond donors (Lipinski definition) is 2. The van der Waals surface area contributed by atoms with Crippen molar-refractivity contribution in [1.29, 1.82) is 0 Å². The van der Waals surface area contributed by atoms with E-state index in [1.54, 1.807) is 22.0 Å². The molecule has 0 radical (unpaired) electrons. The molecule has 4 heterocycles. The zero-order valence-corrected chi connectivity index (χ0v) is 37.5. The van der Waals surface area contributed by atoms with Gasteiger partial charge in [-0.2, -0.15) is 0 Å². The number of anilines is 1. The monoisotopic (exact) mass is 909 g/mol. The number of amides is 2. The SMILES string of the molecule is CON=C(C(=O)NC1C(=O)N2CC(SCC3CCOC3)(C(=O)OC(c3ccccc3)c3ccccc3)CS[C@H]12)c1csc(NC(c2ccccc2)(c2ccccc2)c2ccccc2)n1. The Balaban J connectivity index is 0.935. The first-order valence-corrected chi connectivity index (χ1v) is 24.1. The predicted octanol–water partition coefficient (Wildman–Crippen LogP) is 8.14. The highest BCUT2D eigenvalue weighted by molar-refractivity contribution is 8.05. The Hall–Kier alpha value is -5.93. The molecule has 3 aliphatic heterocycles. The van der Waals surface area contributed by atoms with Crippen LogP contribution in [-0.4, -0.2) is 87.9 Å². The molecular formula is C50H47N5O6S3. The minimum atomic E-state index is -1.04. The van der Waals surface area contributed by atoms with Crippen molar-refractivity contribution in [2.45, 2.75) is 34.2 Å². The molecule has 14 heteroatoms. The van der Waals surface area contributed by atoms with Crippen LogP contribution in [0.4, 0.5) is 5.13 Å². The van der Waals surface area contributed by atoms with Gasteiger partial charge in [0.2, 0.25) is 5.91 Å². The van der Waals surface area contributed by atoms with Gasteiger partial charge in [0, 0.05) is 24.3 Å². The Morgan fingerprint density at radius 2 is 1.44 bits per heavy atom. The Morgan fingerprint density at radius 1 is 0.875 bits per heavy atom. The normalized spacial score (nSPS) is 20.8. The van der Waals surface area contributed by atoms with E-state index in [1.165, 1.54) is 30.2 Å². The Kier molecular flexibility index (Phi) is 13.2. The van der Waals surface area contributed by atoms with Crippen LogP contribution in [0, 0.1) is 5.92 Å². The van der Waals surface area contributed by atoms with Crippen LogP contribution < -0.4 is 10.6 Å². The number of thioether (sulfide) groups is 2. The van der Waals surface area contributed by atoms with Gasteiger partial charge in [0.1, 0.15) is 34.5 Å². The summed E-state index contributed by atoms with van der Waals surface area (Å²) in [7, 11) is 1.37. The molecule has 64 heavy (non-hydrogen) atoms. The highest BCUT2D eigenvalue weighted by Gasteiger charge is 2.59. The maximum Gasteiger partial charge on any atom is 0.325 e. The molecule has 3 saturated heterocycles. The van der Waals surface area contributed by atoms with Gasteiger partial charge < -0.3 is 29.8 Å². The van der Waals surface area contributed by atoms with E-state index in [0.717, 1.165) is 34.2 Å². The van der Waals surface area contributed by atoms with Crippen molar-refractivity contribution in [2.75, 3.05) is 43.7 Å². The fourth-order valence-corrected chi connectivity index (χ4v) is 12.4. The van der Waals surface area contributed by atoms with E-state index >= 15 is 0 Å². The number of nitrogens with zero attached hydrogens (tertiary/aromatic N) is 3. The number of hydrogen-bond acceptors (Lipinski definition) is 12. The van der Waals surface area contributed by atoms with Gasteiger partial charge in [-0.1, -0.05) is 157 Å². The zero-order chi connectivity index (χ0) is 43.9. The number of carbonyl (C=O) groups is 3. The molecule has 6 aromatic rings. The molecule has 4 atom stereocenters. The summed E-state index contributed by atoms with van der Waals surface area (Å²) in [5.41, 5.74) is 4.10. The van der Waals surface area contributed by atoms with Gasteiger partial charge in [0.15, 0.2) is 16.9 Å². The Labute approximate surface area is 385 Å². The largest absolute Gasteiger partial charge is 0.451 e. The standard InChI is InChI=1S/C50H47N5O6S3/c1-59-54-41(40-31-62-48(51-40)53-50(37-21-11-4-12-22-37,38-23-13-5-14-24-38)39-25-15-6-16-26-39)44(56)52-42-45(57)55-32-49(33-63-46(42)55,64-30-34-27-28-60-29-34)47(58)61-43(35-17-7-2-8-18-35)36-19-9-3-10-20-36/h2-26,31,34,42-43,46H,27-30,32-33H2,1H3,(H,51,53)(H,52,56)/t34?,42?,46-,49?/m1/s1. The molecular weight excluding hydrogens is 863 g/mol. The van der Waals surface area contributed by atoms with E-state index in [2.05, 4.69) is 52.2 Å². The van der Waals surface area contributed by atoms with E-state index in [-0.39, 0.29) is 29.8 Å². The fourth-order valence-electron chi connectivity index (χ4n) is 8.50. The van der Waals surface area contributed by atoms with Gasteiger partial charge in [0.25, 0.3) is 5.91 Å². The minimum absolute atomic E-state index is 0.0660. The van der Waals surface area contributed by atoms with Crippen molar-refractivity contribution < 1.29 is 28.7 Å². The molecule has 9 rings (SSSR count). The van der Waals surface area contributed by atoms with Crippen molar-refractivity contribution in [2.24, 2.45) is 11.1 Å². The number of carbonyl (C=O) groups excluding carboxylic acids is 3. The number of esters is 1. The lowest BCUT2D eigenvalue weighted by atomic mass is 9.77. The summed E-state index contributed by atoms with van der Waals surface area (Å²) in [5.74, 6) is 0.103. The van der Waals surface area contributed by atoms with E-state index in [9.17, 15) is 14.4 Å². The summed E-state index contributed by atoms with van der Waals surface area (Å²) in [4.78, 5) is 54.6. The Morgan fingerprint density at radius 3 is 1.97 bits per heavy atom. The molecule has 2 N–H and O–H groups in total. The van der Waals surface area contributed by atoms with Crippen LogP contribution >= 0.6 is 34.9 Å². The molecule has 0 spiro atoms. The van der Waals surface area contributed by atoms with Crippen LogP contribution in [0.15, 0.2) is 162 Å². The molecule has 2 amide bonds. The highest BCUT2D eigenvalue weighted by Crippen LogP contribution is 2.47.